The highest BCUT2D eigenvalue weighted by Gasteiger charge is 2.26. The van der Waals surface area contributed by atoms with E-state index in [1.165, 1.54) is 0 Å². The average molecular weight is 243 g/mol. The Bertz CT molecular complexity index is 577. The minimum Gasteiger partial charge on any atom is -0.447 e. The van der Waals surface area contributed by atoms with E-state index in [0.29, 0.717) is 6.61 Å². The minimum absolute atomic E-state index is 0.118. The van der Waals surface area contributed by atoms with Gasteiger partial charge in [-0.3, -0.25) is 4.68 Å². The number of hydrogen-bond donors (Lipinski definition) is 1. The molecule has 1 saturated heterocycles. The number of hydrogen-bond acceptors (Lipinski definition) is 3. The third-order valence-electron chi connectivity index (χ3n) is 3.02. The van der Waals surface area contributed by atoms with Crippen molar-refractivity contribution in [1.82, 2.24) is 15.1 Å². The van der Waals surface area contributed by atoms with Crippen molar-refractivity contribution in [2.45, 2.75) is 6.04 Å². The maximum atomic E-state index is 11.1. The Morgan fingerprint density at radius 1 is 1.39 bits per heavy atom. The molecule has 0 spiro atoms. The van der Waals surface area contributed by atoms with E-state index in [2.05, 4.69) is 10.4 Å². The van der Waals surface area contributed by atoms with Crippen molar-refractivity contribution < 1.29 is 9.53 Å². The van der Waals surface area contributed by atoms with Crippen molar-refractivity contribution in [3.8, 4) is 11.3 Å². The predicted octanol–water partition coefficient (Wildman–Crippen LogP) is 1.87. The summed E-state index contributed by atoms with van der Waals surface area (Å²) >= 11 is 0. The van der Waals surface area contributed by atoms with Crippen molar-refractivity contribution in [3.63, 3.8) is 0 Å². The zero-order valence-corrected chi connectivity index (χ0v) is 9.96. The van der Waals surface area contributed by atoms with E-state index in [0.717, 1.165) is 17.0 Å². The summed E-state index contributed by atoms with van der Waals surface area (Å²) in [6.07, 6.45) is -0.373. The molecule has 1 N–H and O–H groups in total. The van der Waals surface area contributed by atoms with Crippen molar-refractivity contribution in [1.29, 1.82) is 0 Å². The average Bonchev–Trinajstić information content (AvgIpc) is 2.97. The van der Waals surface area contributed by atoms with Crippen LogP contribution < -0.4 is 5.32 Å². The van der Waals surface area contributed by atoms with Gasteiger partial charge in [-0.2, -0.15) is 5.10 Å². The van der Waals surface area contributed by atoms with Crippen LogP contribution in [0.25, 0.3) is 11.3 Å². The molecule has 1 fully saturated rings. The Morgan fingerprint density at radius 3 is 2.83 bits per heavy atom. The highest BCUT2D eigenvalue weighted by molar-refractivity contribution is 5.70. The molecule has 1 unspecified atom stereocenters. The van der Waals surface area contributed by atoms with Gasteiger partial charge in [0.1, 0.15) is 12.6 Å². The molecule has 1 aliphatic rings. The van der Waals surface area contributed by atoms with Gasteiger partial charge in [-0.1, -0.05) is 30.3 Å². The second kappa shape index (κ2) is 4.18. The van der Waals surface area contributed by atoms with E-state index >= 15 is 0 Å². The van der Waals surface area contributed by atoms with E-state index in [4.69, 9.17) is 4.74 Å². The highest BCUT2D eigenvalue weighted by atomic mass is 16.6. The number of carbonyl (C=O) groups excluding carboxylic acids is 1. The molecular formula is C13H13N3O2. The Labute approximate surface area is 104 Å². The molecule has 5 heteroatoms. The fraction of sp³-hybridized carbons (Fsp3) is 0.231. The quantitative estimate of drug-likeness (QED) is 0.876. The van der Waals surface area contributed by atoms with Crippen LogP contribution in [-0.4, -0.2) is 22.5 Å². The van der Waals surface area contributed by atoms with Crippen molar-refractivity contribution in [3.05, 3.63) is 42.1 Å². The van der Waals surface area contributed by atoms with Crippen LogP contribution in [0.2, 0.25) is 0 Å². The Hall–Kier alpha value is -2.30. The summed E-state index contributed by atoms with van der Waals surface area (Å²) in [7, 11) is 1.87. The van der Waals surface area contributed by atoms with Crippen LogP contribution in [0.4, 0.5) is 4.79 Å². The number of benzene rings is 1. The second-order valence-electron chi connectivity index (χ2n) is 4.24. The van der Waals surface area contributed by atoms with E-state index in [1.807, 2.05) is 43.4 Å². The smallest absolute Gasteiger partial charge is 0.407 e. The molecule has 1 aromatic carbocycles. The van der Waals surface area contributed by atoms with Gasteiger partial charge in [-0.05, 0) is 6.07 Å². The number of nitrogens with zero attached hydrogens (tertiary/aromatic N) is 2. The molecule has 18 heavy (non-hydrogen) atoms. The van der Waals surface area contributed by atoms with Crippen LogP contribution in [-0.2, 0) is 11.8 Å². The van der Waals surface area contributed by atoms with Crippen LogP contribution >= 0.6 is 0 Å². The Kier molecular flexibility index (Phi) is 2.51. The SMILES string of the molecule is Cn1nc(-c2ccccc2)cc1C1COC(=O)N1. The number of carbonyl (C=O) groups is 1. The summed E-state index contributed by atoms with van der Waals surface area (Å²) in [4.78, 5) is 11.1. The van der Waals surface area contributed by atoms with Gasteiger partial charge < -0.3 is 10.1 Å². The molecule has 92 valence electrons. The van der Waals surface area contributed by atoms with Crippen molar-refractivity contribution in [2.24, 2.45) is 7.05 Å². The third-order valence-corrected chi connectivity index (χ3v) is 3.02. The van der Waals surface area contributed by atoms with Gasteiger partial charge in [0.05, 0.1) is 11.4 Å². The monoisotopic (exact) mass is 243 g/mol. The van der Waals surface area contributed by atoms with E-state index < -0.39 is 0 Å². The van der Waals surface area contributed by atoms with Gasteiger partial charge in [-0.15, -0.1) is 0 Å². The lowest BCUT2D eigenvalue weighted by molar-refractivity contribution is 0.176. The third kappa shape index (κ3) is 1.84. The van der Waals surface area contributed by atoms with E-state index in [1.54, 1.807) is 4.68 Å². The second-order valence-corrected chi connectivity index (χ2v) is 4.24. The van der Waals surface area contributed by atoms with Crippen LogP contribution in [0.15, 0.2) is 36.4 Å². The molecule has 0 radical (unpaired) electrons. The van der Waals surface area contributed by atoms with E-state index in [-0.39, 0.29) is 12.1 Å². The number of ether oxygens (including phenoxy) is 1. The first-order valence-corrected chi connectivity index (χ1v) is 5.76. The van der Waals surface area contributed by atoms with Crippen molar-refractivity contribution >= 4 is 6.09 Å². The van der Waals surface area contributed by atoms with Gasteiger partial charge in [0.25, 0.3) is 0 Å². The molecular weight excluding hydrogens is 230 g/mol. The number of rotatable bonds is 2. The van der Waals surface area contributed by atoms with Gasteiger partial charge in [0, 0.05) is 12.6 Å². The summed E-state index contributed by atoms with van der Waals surface area (Å²) in [6, 6.07) is 11.8. The number of cyclic esters (lactones) is 1. The van der Waals surface area contributed by atoms with Crippen LogP contribution in [0.5, 0.6) is 0 Å². The summed E-state index contributed by atoms with van der Waals surface area (Å²) in [5.41, 5.74) is 2.90. The standard InChI is InChI=1S/C13H13N3O2/c1-16-12(11-8-18-13(17)14-11)7-10(15-16)9-5-3-2-4-6-9/h2-7,11H,8H2,1H3,(H,14,17). The fourth-order valence-corrected chi connectivity index (χ4v) is 2.10. The molecule has 1 amide bonds. The molecule has 1 aliphatic heterocycles. The van der Waals surface area contributed by atoms with Gasteiger partial charge in [0.2, 0.25) is 0 Å². The fourth-order valence-electron chi connectivity index (χ4n) is 2.10. The summed E-state index contributed by atoms with van der Waals surface area (Å²) in [5, 5.41) is 7.21. The van der Waals surface area contributed by atoms with Crippen LogP contribution in [0.1, 0.15) is 11.7 Å². The normalized spacial score (nSPS) is 18.5. The predicted molar refractivity (Wildman–Crippen MR) is 65.9 cm³/mol. The molecule has 3 rings (SSSR count). The number of amides is 1. The highest BCUT2D eigenvalue weighted by Crippen LogP contribution is 2.24. The number of aryl methyl sites for hydroxylation is 1. The summed E-state index contributed by atoms with van der Waals surface area (Å²) < 4.78 is 6.68. The first-order valence-electron chi connectivity index (χ1n) is 5.76. The number of aromatic nitrogens is 2. The lowest BCUT2D eigenvalue weighted by Crippen LogP contribution is -2.20. The summed E-state index contributed by atoms with van der Waals surface area (Å²) in [5.74, 6) is 0. The molecule has 5 nitrogen and oxygen atoms in total. The molecule has 1 aromatic heterocycles. The Morgan fingerprint density at radius 2 is 2.17 bits per heavy atom. The maximum absolute atomic E-state index is 11.1. The first kappa shape index (κ1) is 10.8. The summed E-state index contributed by atoms with van der Waals surface area (Å²) in [6.45, 7) is 0.354. The van der Waals surface area contributed by atoms with Gasteiger partial charge in [0.15, 0.2) is 0 Å². The van der Waals surface area contributed by atoms with Crippen LogP contribution in [0.3, 0.4) is 0 Å². The molecule has 0 saturated carbocycles. The van der Waals surface area contributed by atoms with Gasteiger partial charge >= 0.3 is 6.09 Å². The molecule has 0 bridgehead atoms. The largest absolute Gasteiger partial charge is 0.447 e. The molecule has 1 atom stereocenters. The minimum atomic E-state index is -0.373. The number of nitrogens with one attached hydrogen (secondary N) is 1. The first-order chi connectivity index (χ1) is 8.74. The Balaban J connectivity index is 1.94. The number of alkyl carbamates (subject to hydrolysis) is 1. The lowest BCUT2D eigenvalue weighted by atomic mass is 10.1. The zero-order valence-electron chi connectivity index (χ0n) is 9.96. The maximum Gasteiger partial charge on any atom is 0.407 e. The zero-order chi connectivity index (χ0) is 12.5. The molecule has 2 aromatic rings. The lowest BCUT2D eigenvalue weighted by Gasteiger charge is -2.06. The van der Waals surface area contributed by atoms with E-state index in [9.17, 15) is 4.79 Å². The van der Waals surface area contributed by atoms with Crippen LogP contribution in [0, 0.1) is 0 Å². The van der Waals surface area contributed by atoms with Crippen molar-refractivity contribution in [2.75, 3.05) is 6.61 Å². The molecule has 0 aliphatic carbocycles. The molecule has 2 heterocycles. The van der Waals surface area contributed by atoms with Gasteiger partial charge in [-0.25, -0.2) is 4.79 Å². The topological polar surface area (TPSA) is 56.2 Å².